The zero-order valence-corrected chi connectivity index (χ0v) is 17.0. The lowest BCUT2D eigenvalue weighted by Gasteiger charge is -2.10. The maximum Gasteiger partial charge on any atom is 0.269 e. The Morgan fingerprint density at radius 2 is 1.69 bits per heavy atom. The van der Waals surface area contributed by atoms with Crippen molar-refractivity contribution in [2.24, 2.45) is 0 Å². The third-order valence-electron chi connectivity index (χ3n) is 3.42. The van der Waals surface area contributed by atoms with Gasteiger partial charge in [0.15, 0.2) is 0 Å². The molecule has 0 bridgehead atoms. The molecule has 6 nitrogen and oxygen atoms in total. The van der Waals surface area contributed by atoms with Gasteiger partial charge in [-0.25, -0.2) is 0 Å². The zero-order chi connectivity index (χ0) is 19.1. The van der Waals surface area contributed by atoms with Gasteiger partial charge in [0, 0.05) is 21.0 Å². The summed E-state index contributed by atoms with van der Waals surface area (Å²) in [6.07, 6.45) is 0. The fraction of sp³-hybridized carbons (Fsp3) is 0.222. The second-order valence-electron chi connectivity index (χ2n) is 5.30. The monoisotopic (exact) mass is 438 g/mol. The number of hydrazine groups is 1. The standard InChI is InChI=1S/C18H19BrN2O4S/c1-11-6-13(19)4-5-16(11)26-10-17(22)20-21-18(23)12-7-14(24-2)9-15(8-12)25-3/h4-9H,10H2,1-3H3,(H,20,22)(H,21,23). The van der Waals surface area contributed by atoms with Gasteiger partial charge in [-0.05, 0) is 42.8 Å². The number of carbonyl (C=O) groups excluding carboxylic acids is 2. The van der Waals surface area contributed by atoms with Crippen molar-refractivity contribution in [1.82, 2.24) is 10.9 Å². The second-order valence-corrected chi connectivity index (χ2v) is 7.23. The highest BCUT2D eigenvalue weighted by Gasteiger charge is 2.11. The molecule has 0 aliphatic heterocycles. The molecule has 0 spiro atoms. The molecule has 0 fully saturated rings. The summed E-state index contributed by atoms with van der Waals surface area (Å²) in [5.74, 6) is 0.398. The van der Waals surface area contributed by atoms with Crippen LogP contribution in [0.15, 0.2) is 45.8 Å². The highest BCUT2D eigenvalue weighted by atomic mass is 79.9. The Morgan fingerprint density at radius 3 is 2.27 bits per heavy atom. The SMILES string of the molecule is COc1cc(OC)cc(C(=O)NNC(=O)CSc2ccc(Br)cc2C)c1. The second kappa shape index (κ2) is 9.49. The van der Waals surface area contributed by atoms with Crippen LogP contribution < -0.4 is 20.3 Å². The third-order valence-corrected chi connectivity index (χ3v) is 5.09. The van der Waals surface area contributed by atoms with Crippen LogP contribution in [0.3, 0.4) is 0 Å². The molecular formula is C18H19BrN2O4S. The van der Waals surface area contributed by atoms with Crippen molar-refractivity contribution < 1.29 is 19.1 Å². The van der Waals surface area contributed by atoms with E-state index in [1.54, 1.807) is 18.2 Å². The summed E-state index contributed by atoms with van der Waals surface area (Å²) in [5.41, 5.74) is 6.19. The largest absolute Gasteiger partial charge is 0.497 e. The van der Waals surface area contributed by atoms with Gasteiger partial charge in [0.2, 0.25) is 5.91 Å². The van der Waals surface area contributed by atoms with Crippen molar-refractivity contribution in [2.45, 2.75) is 11.8 Å². The number of rotatable bonds is 6. The van der Waals surface area contributed by atoms with Crippen molar-refractivity contribution >= 4 is 39.5 Å². The maximum atomic E-state index is 12.2. The first-order chi connectivity index (χ1) is 12.4. The normalized spacial score (nSPS) is 10.2. The highest BCUT2D eigenvalue weighted by Crippen LogP contribution is 2.25. The fourth-order valence-corrected chi connectivity index (χ4v) is 3.38. The minimum Gasteiger partial charge on any atom is -0.497 e. The predicted molar refractivity (Wildman–Crippen MR) is 105 cm³/mol. The smallest absolute Gasteiger partial charge is 0.269 e. The van der Waals surface area contributed by atoms with Gasteiger partial charge in [-0.2, -0.15) is 0 Å². The predicted octanol–water partition coefficient (Wildman–Crippen LogP) is 3.33. The van der Waals surface area contributed by atoms with E-state index in [9.17, 15) is 9.59 Å². The molecule has 2 aromatic carbocycles. The quantitative estimate of drug-likeness (QED) is 0.534. The lowest BCUT2D eigenvalue weighted by atomic mass is 10.2. The molecule has 0 aliphatic rings. The Labute approximate surface area is 164 Å². The molecule has 0 aromatic heterocycles. The first kappa shape index (κ1) is 20.1. The van der Waals surface area contributed by atoms with Crippen molar-refractivity contribution in [1.29, 1.82) is 0 Å². The molecule has 26 heavy (non-hydrogen) atoms. The molecular weight excluding hydrogens is 420 g/mol. The van der Waals surface area contributed by atoms with E-state index in [2.05, 4.69) is 26.8 Å². The third kappa shape index (κ3) is 5.67. The van der Waals surface area contributed by atoms with Crippen LogP contribution in [0.2, 0.25) is 0 Å². The number of thioether (sulfide) groups is 1. The number of carbonyl (C=O) groups is 2. The Hall–Kier alpha value is -2.19. The molecule has 0 saturated carbocycles. The van der Waals surface area contributed by atoms with Gasteiger partial charge in [0.1, 0.15) is 11.5 Å². The summed E-state index contributed by atoms with van der Waals surface area (Å²) in [4.78, 5) is 25.2. The van der Waals surface area contributed by atoms with Crippen LogP contribution in [0.25, 0.3) is 0 Å². The van der Waals surface area contributed by atoms with Crippen LogP contribution in [0.4, 0.5) is 0 Å². The van der Waals surface area contributed by atoms with Crippen molar-refractivity contribution in [3.8, 4) is 11.5 Å². The van der Waals surface area contributed by atoms with Crippen LogP contribution in [-0.4, -0.2) is 31.8 Å². The summed E-state index contributed by atoms with van der Waals surface area (Å²) in [7, 11) is 3.00. The Morgan fingerprint density at radius 1 is 1.04 bits per heavy atom. The number of hydrogen-bond donors (Lipinski definition) is 2. The average Bonchev–Trinajstić information content (AvgIpc) is 2.64. The fourth-order valence-electron chi connectivity index (χ4n) is 2.09. The van der Waals surface area contributed by atoms with Gasteiger partial charge in [-0.1, -0.05) is 15.9 Å². The maximum absolute atomic E-state index is 12.2. The summed E-state index contributed by atoms with van der Waals surface area (Å²) in [6.45, 7) is 1.98. The van der Waals surface area contributed by atoms with Crippen LogP contribution >= 0.6 is 27.7 Å². The number of aryl methyl sites for hydroxylation is 1. The Kier molecular flexibility index (Phi) is 7.35. The van der Waals surface area contributed by atoms with Crippen molar-refractivity contribution in [3.63, 3.8) is 0 Å². The molecule has 0 radical (unpaired) electrons. The van der Waals surface area contributed by atoms with Crippen molar-refractivity contribution in [3.05, 3.63) is 52.0 Å². The van der Waals surface area contributed by atoms with Gasteiger partial charge in [-0.3, -0.25) is 20.4 Å². The Bertz CT molecular complexity index is 792. The van der Waals surface area contributed by atoms with Gasteiger partial charge >= 0.3 is 0 Å². The van der Waals surface area contributed by atoms with E-state index in [0.29, 0.717) is 17.1 Å². The number of benzene rings is 2. The molecule has 0 atom stereocenters. The molecule has 2 amide bonds. The molecule has 0 heterocycles. The molecule has 0 unspecified atom stereocenters. The number of amides is 2. The lowest BCUT2D eigenvalue weighted by molar-refractivity contribution is -0.119. The molecule has 0 aliphatic carbocycles. The van der Waals surface area contributed by atoms with E-state index >= 15 is 0 Å². The highest BCUT2D eigenvalue weighted by molar-refractivity contribution is 9.10. The summed E-state index contributed by atoms with van der Waals surface area (Å²) in [5, 5.41) is 0. The lowest BCUT2D eigenvalue weighted by Crippen LogP contribution is -2.42. The first-order valence-corrected chi connectivity index (χ1v) is 9.42. The number of hydrogen-bond acceptors (Lipinski definition) is 5. The van der Waals surface area contributed by atoms with Crippen LogP contribution in [0, 0.1) is 6.92 Å². The number of ether oxygens (including phenoxy) is 2. The van der Waals surface area contributed by atoms with E-state index < -0.39 is 5.91 Å². The van der Waals surface area contributed by atoms with E-state index in [0.717, 1.165) is 14.9 Å². The minimum atomic E-state index is -0.458. The Balaban J connectivity index is 1.89. The van der Waals surface area contributed by atoms with Gasteiger partial charge in [0.25, 0.3) is 5.91 Å². The minimum absolute atomic E-state index is 0.185. The molecule has 2 N–H and O–H groups in total. The van der Waals surface area contributed by atoms with E-state index in [1.807, 2.05) is 25.1 Å². The molecule has 2 rings (SSSR count). The van der Waals surface area contributed by atoms with Gasteiger partial charge < -0.3 is 9.47 Å². The zero-order valence-electron chi connectivity index (χ0n) is 14.6. The van der Waals surface area contributed by atoms with Gasteiger partial charge in [0.05, 0.1) is 20.0 Å². The first-order valence-electron chi connectivity index (χ1n) is 7.64. The van der Waals surface area contributed by atoms with E-state index in [4.69, 9.17) is 9.47 Å². The van der Waals surface area contributed by atoms with Crippen LogP contribution in [0.5, 0.6) is 11.5 Å². The van der Waals surface area contributed by atoms with Crippen LogP contribution in [0.1, 0.15) is 15.9 Å². The van der Waals surface area contributed by atoms with Gasteiger partial charge in [-0.15, -0.1) is 11.8 Å². The molecule has 138 valence electrons. The molecule has 8 heteroatoms. The topological polar surface area (TPSA) is 76.7 Å². The van der Waals surface area contributed by atoms with Crippen LogP contribution in [-0.2, 0) is 4.79 Å². The average molecular weight is 439 g/mol. The summed E-state index contributed by atoms with van der Waals surface area (Å²) in [6, 6.07) is 10.6. The number of methoxy groups -OCH3 is 2. The van der Waals surface area contributed by atoms with E-state index in [1.165, 1.54) is 26.0 Å². The number of nitrogens with one attached hydrogen (secondary N) is 2. The summed E-state index contributed by atoms with van der Waals surface area (Å²) >= 11 is 4.81. The molecule has 0 saturated heterocycles. The van der Waals surface area contributed by atoms with E-state index in [-0.39, 0.29) is 11.7 Å². The molecule has 2 aromatic rings. The van der Waals surface area contributed by atoms with Crippen molar-refractivity contribution in [2.75, 3.05) is 20.0 Å². The summed E-state index contributed by atoms with van der Waals surface area (Å²) < 4.78 is 11.2. The number of halogens is 1.